The van der Waals surface area contributed by atoms with E-state index in [1.54, 1.807) is 10.9 Å². The molecule has 0 saturated heterocycles. The first-order valence-corrected chi connectivity index (χ1v) is 6.60. The Morgan fingerprint density at radius 2 is 2.06 bits per heavy atom. The van der Waals surface area contributed by atoms with Crippen LogP contribution in [0.4, 0.5) is 5.95 Å². The van der Waals surface area contributed by atoms with Crippen LogP contribution in [-0.4, -0.2) is 26.1 Å². The lowest BCUT2D eigenvalue weighted by Crippen LogP contribution is -2.16. The third-order valence-electron chi connectivity index (χ3n) is 2.40. The zero-order valence-corrected chi connectivity index (χ0v) is 11.0. The second-order valence-corrected chi connectivity index (χ2v) is 4.28. The summed E-state index contributed by atoms with van der Waals surface area (Å²) in [6.07, 6.45) is 1.54. The van der Waals surface area contributed by atoms with Crippen LogP contribution < -0.4 is 5.32 Å². The van der Waals surface area contributed by atoms with Crippen LogP contribution in [0.25, 0.3) is 0 Å². The minimum atomic E-state index is -0.315. The maximum atomic E-state index is 11.8. The molecule has 0 spiro atoms. The van der Waals surface area contributed by atoms with Gasteiger partial charge >= 0.3 is 0 Å². The predicted octanol–water partition coefficient (Wildman–Crippen LogP) is 1.71. The van der Waals surface area contributed by atoms with E-state index in [1.165, 1.54) is 11.3 Å². The number of carbonyl (C=O) groups excluding carboxylic acids is 1. The second-order valence-electron chi connectivity index (χ2n) is 3.56. The van der Waals surface area contributed by atoms with Gasteiger partial charge in [-0.2, -0.15) is 0 Å². The largest absolute Gasteiger partial charge is 0.288 e. The van der Waals surface area contributed by atoms with Gasteiger partial charge in [0.05, 0.1) is 16.9 Å². The van der Waals surface area contributed by atoms with Gasteiger partial charge in [-0.05, 0) is 12.8 Å². The average molecular weight is 263 g/mol. The number of anilines is 1. The highest BCUT2D eigenvalue weighted by atomic mass is 32.1. The van der Waals surface area contributed by atoms with Crippen molar-refractivity contribution in [2.24, 2.45) is 0 Å². The lowest BCUT2D eigenvalue weighted by molar-refractivity contribution is 0.102. The van der Waals surface area contributed by atoms with Gasteiger partial charge in [0.25, 0.3) is 5.91 Å². The molecule has 2 aromatic rings. The third-order valence-corrected chi connectivity index (χ3v) is 2.99. The Kier molecular flexibility index (Phi) is 3.93. The van der Waals surface area contributed by atoms with Crippen molar-refractivity contribution < 1.29 is 4.79 Å². The molecule has 0 atom stereocenters. The molecule has 2 heterocycles. The van der Waals surface area contributed by atoms with Crippen LogP contribution in [0.5, 0.6) is 0 Å². The van der Waals surface area contributed by atoms with Crippen LogP contribution in [-0.2, 0) is 12.8 Å². The van der Waals surface area contributed by atoms with E-state index in [0.29, 0.717) is 5.69 Å². The molecule has 0 aliphatic carbocycles. The molecule has 0 fully saturated rings. The maximum Gasteiger partial charge on any atom is 0.277 e. The molecule has 0 aliphatic heterocycles. The second kappa shape index (κ2) is 5.63. The van der Waals surface area contributed by atoms with Gasteiger partial charge in [0.15, 0.2) is 0 Å². The van der Waals surface area contributed by atoms with E-state index < -0.39 is 0 Å². The van der Waals surface area contributed by atoms with Crippen molar-refractivity contribution in [1.29, 1.82) is 0 Å². The van der Waals surface area contributed by atoms with Crippen LogP contribution in [0.3, 0.4) is 0 Å². The monoisotopic (exact) mass is 263 g/mol. The topological polar surface area (TPSA) is 80.7 Å². The van der Waals surface area contributed by atoms with Crippen molar-refractivity contribution in [3.8, 4) is 0 Å². The average Bonchev–Trinajstić information content (AvgIpc) is 2.92. The molecule has 0 saturated carbocycles. The van der Waals surface area contributed by atoms with Gasteiger partial charge in [-0.25, -0.2) is 9.97 Å². The first-order valence-electron chi connectivity index (χ1n) is 5.66. The fraction of sp³-hybridized carbons (Fsp3) is 0.364. The lowest BCUT2D eigenvalue weighted by atomic mass is 10.2. The molecule has 94 valence electrons. The van der Waals surface area contributed by atoms with E-state index in [4.69, 9.17) is 0 Å². The summed E-state index contributed by atoms with van der Waals surface area (Å²) in [6, 6.07) is 0. The van der Waals surface area contributed by atoms with Gasteiger partial charge in [-0.3, -0.25) is 10.1 Å². The summed E-state index contributed by atoms with van der Waals surface area (Å²) in [5, 5.41) is 12.2. The van der Waals surface area contributed by atoms with Gasteiger partial charge in [0, 0.05) is 5.38 Å². The molecule has 7 heteroatoms. The van der Waals surface area contributed by atoms with Crippen LogP contribution >= 0.6 is 11.3 Å². The minimum Gasteiger partial charge on any atom is -0.288 e. The van der Waals surface area contributed by atoms with E-state index in [2.05, 4.69) is 25.5 Å². The Balaban J connectivity index is 2.17. The summed E-state index contributed by atoms with van der Waals surface area (Å²) >= 11 is 1.36. The summed E-state index contributed by atoms with van der Waals surface area (Å²) in [7, 11) is 0. The summed E-state index contributed by atoms with van der Waals surface area (Å²) in [5.74, 6) is -0.0913. The zero-order valence-electron chi connectivity index (χ0n) is 10.2. The minimum absolute atomic E-state index is 0.224. The van der Waals surface area contributed by atoms with E-state index in [9.17, 15) is 4.79 Å². The number of amides is 1. The van der Waals surface area contributed by atoms with Crippen LogP contribution in [0.1, 0.15) is 35.7 Å². The summed E-state index contributed by atoms with van der Waals surface area (Å²) < 4.78 is 0. The molecule has 0 aliphatic rings. The number of carbonyl (C=O) groups is 1. The molecular formula is C11H13N5OS. The van der Waals surface area contributed by atoms with Crippen LogP contribution in [0.2, 0.25) is 0 Å². The Morgan fingerprint density at radius 1 is 1.28 bits per heavy atom. The normalized spacial score (nSPS) is 10.3. The number of aryl methyl sites for hydroxylation is 2. The highest BCUT2D eigenvalue weighted by Crippen LogP contribution is 2.08. The quantitative estimate of drug-likeness (QED) is 0.908. The SMILES string of the molecule is CCc1nnc(NC(=O)c2cscn2)nc1CC. The summed E-state index contributed by atoms with van der Waals surface area (Å²) in [4.78, 5) is 20.0. The van der Waals surface area contributed by atoms with Crippen molar-refractivity contribution in [2.45, 2.75) is 26.7 Å². The first kappa shape index (κ1) is 12.6. The Labute approximate surface area is 109 Å². The van der Waals surface area contributed by atoms with Gasteiger partial charge in [-0.1, -0.05) is 13.8 Å². The smallest absolute Gasteiger partial charge is 0.277 e. The van der Waals surface area contributed by atoms with Gasteiger partial charge in [0.2, 0.25) is 5.95 Å². The molecule has 2 aromatic heterocycles. The maximum absolute atomic E-state index is 11.8. The molecule has 6 nitrogen and oxygen atoms in total. The number of nitrogens with zero attached hydrogens (tertiary/aromatic N) is 4. The standard InChI is InChI=1S/C11H13N5OS/c1-3-7-8(4-2)15-16-11(13-7)14-10(17)9-5-18-6-12-9/h5-6H,3-4H2,1-2H3,(H,13,14,16,17). The molecule has 18 heavy (non-hydrogen) atoms. The fourth-order valence-electron chi connectivity index (χ4n) is 1.48. The van der Waals surface area contributed by atoms with E-state index in [1.807, 2.05) is 13.8 Å². The summed E-state index contributed by atoms with van der Waals surface area (Å²) in [6.45, 7) is 3.99. The van der Waals surface area contributed by atoms with Crippen molar-refractivity contribution in [1.82, 2.24) is 20.2 Å². The number of aromatic nitrogens is 4. The molecule has 0 radical (unpaired) electrons. The Bertz CT molecular complexity index is 540. The van der Waals surface area contributed by atoms with Gasteiger partial charge in [-0.15, -0.1) is 21.5 Å². The van der Waals surface area contributed by atoms with E-state index in [-0.39, 0.29) is 11.9 Å². The molecule has 1 N–H and O–H groups in total. The Hall–Kier alpha value is -1.89. The fourth-order valence-corrected chi connectivity index (χ4v) is 2.01. The molecule has 1 amide bonds. The number of hydrogen-bond acceptors (Lipinski definition) is 6. The highest BCUT2D eigenvalue weighted by Gasteiger charge is 2.11. The van der Waals surface area contributed by atoms with Crippen LogP contribution in [0, 0.1) is 0 Å². The van der Waals surface area contributed by atoms with Gasteiger partial charge in [0.1, 0.15) is 5.69 Å². The molecule has 2 rings (SSSR count). The van der Waals surface area contributed by atoms with E-state index >= 15 is 0 Å². The zero-order chi connectivity index (χ0) is 13.0. The van der Waals surface area contributed by atoms with Crippen molar-refractivity contribution in [2.75, 3.05) is 5.32 Å². The first-order chi connectivity index (χ1) is 8.74. The van der Waals surface area contributed by atoms with Crippen molar-refractivity contribution in [3.63, 3.8) is 0 Å². The number of nitrogens with one attached hydrogen (secondary N) is 1. The Morgan fingerprint density at radius 3 is 2.67 bits per heavy atom. The molecular weight excluding hydrogens is 250 g/mol. The van der Waals surface area contributed by atoms with Crippen molar-refractivity contribution in [3.05, 3.63) is 28.0 Å². The third kappa shape index (κ3) is 2.67. The number of hydrogen-bond donors (Lipinski definition) is 1. The highest BCUT2D eigenvalue weighted by molar-refractivity contribution is 7.07. The summed E-state index contributed by atoms with van der Waals surface area (Å²) in [5.41, 5.74) is 3.69. The lowest BCUT2D eigenvalue weighted by Gasteiger charge is -2.05. The molecule has 0 bridgehead atoms. The predicted molar refractivity (Wildman–Crippen MR) is 68.7 cm³/mol. The number of rotatable bonds is 4. The molecule has 0 unspecified atom stereocenters. The van der Waals surface area contributed by atoms with Crippen molar-refractivity contribution >= 4 is 23.2 Å². The van der Waals surface area contributed by atoms with Gasteiger partial charge < -0.3 is 0 Å². The number of thiazole rings is 1. The van der Waals surface area contributed by atoms with Crippen LogP contribution in [0.15, 0.2) is 10.9 Å². The molecule has 0 aromatic carbocycles. The van der Waals surface area contributed by atoms with E-state index in [0.717, 1.165) is 24.2 Å².